The van der Waals surface area contributed by atoms with Gasteiger partial charge in [0.1, 0.15) is 98.2 Å². The summed E-state index contributed by atoms with van der Waals surface area (Å²) in [6.07, 6.45) is 19.6. The van der Waals surface area contributed by atoms with Crippen molar-refractivity contribution in [1.82, 2.24) is 87.8 Å². The van der Waals surface area contributed by atoms with Crippen molar-refractivity contribution in [2.45, 2.75) is 156 Å². The Morgan fingerprint density at radius 3 is 1.18 bits per heavy atom. The summed E-state index contributed by atoms with van der Waals surface area (Å²) in [5.74, 6) is 0.893. The van der Waals surface area contributed by atoms with Gasteiger partial charge in [-0.1, -0.05) is 72.8 Å². The number of carboxylic acid groups (broad SMARTS) is 4. The van der Waals surface area contributed by atoms with Gasteiger partial charge in [-0.3, -0.25) is 28.0 Å². The highest BCUT2D eigenvalue weighted by Crippen LogP contribution is 2.48. The van der Waals surface area contributed by atoms with Crippen molar-refractivity contribution in [3.8, 4) is 56.7 Å². The number of imidazole rings is 4. The highest BCUT2D eigenvalue weighted by Gasteiger charge is 2.39. The van der Waals surface area contributed by atoms with E-state index in [-0.39, 0.29) is 75.2 Å². The molecule has 0 radical (unpaired) electrons. The minimum Gasteiger partial charge on any atom is -0.481 e. The molecule has 0 saturated heterocycles. The number of nitrogen functional groups attached to an aromatic ring is 4. The molecule has 666 valence electrons. The predicted molar refractivity (Wildman–Crippen MR) is 479 cm³/mol. The number of halogens is 4. The van der Waals surface area contributed by atoms with E-state index in [9.17, 15) is 65.6 Å². The van der Waals surface area contributed by atoms with Crippen molar-refractivity contribution >= 4 is 123 Å². The number of nitrogens with two attached hydrogens (primary N) is 4. The normalized spacial score (nSPS) is 19.7. The number of rotatable bonds is 15. The third-order valence-corrected chi connectivity index (χ3v) is 27.6. The highest BCUT2D eigenvalue weighted by atomic mass is 32.2. The first-order valence-corrected chi connectivity index (χ1v) is 45.1. The van der Waals surface area contributed by atoms with Gasteiger partial charge in [0.05, 0.1) is 73.5 Å². The molecule has 16 N–H and O–H groups in total. The fourth-order valence-electron chi connectivity index (χ4n) is 19.7. The molecule has 130 heavy (non-hydrogen) atoms. The van der Waals surface area contributed by atoms with Crippen molar-refractivity contribution in [3.63, 3.8) is 0 Å². The second-order valence-electron chi connectivity index (χ2n) is 34.5. The molecule has 5 aromatic carbocycles. The number of nitrogens with zero attached hydrogens (tertiary/aromatic N) is 14. The van der Waals surface area contributed by atoms with E-state index in [2.05, 4.69) is 78.7 Å². The SMILES string of the molecule is CS(=O)(=O)c1cccc2cc(-c3nc(C4CCC(C(=O)O)CC4)n4ncnc(N)c34)[nH]c12.Nc1nccn2c(C3CCC(C(=O)O)CC3)nc(-c3cc4cccc(-c5ccc(F)cc5)c4[nH]3)c12.Nc1nccn2c(C3CCC(C(=O)O)CC3)nc(-c3cc4cccc(C5CC5)c4[nH]3)c12.Nc1ncnn2c(C3CCC(C(=O)O)CC3)nc(-c3cc4cccc(C(F)(F)F)c4[nH]3)c12. The number of fused-ring (bicyclic) bond motifs is 8. The topological polar surface area (TPSA) is 497 Å². The molecular formula is C93H90F4N22O10S. The fraction of sp³-hybridized carbons (Fsp3) is 0.312. The second-order valence-corrected chi connectivity index (χ2v) is 36.5. The predicted octanol–water partition coefficient (Wildman–Crippen LogP) is 17.2. The minimum absolute atomic E-state index is 0.0323. The van der Waals surface area contributed by atoms with Crippen LogP contribution in [-0.2, 0) is 35.2 Å². The van der Waals surface area contributed by atoms with Crippen molar-refractivity contribution in [3.05, 3.63) is 199 Å². The molecule has 5 aliphatic rings. The van der Waals surface area contributed by atoms with Crippen LogP contribution in [0.1, 0.15) is 180 Å². The van der Waals surface area contributed by atoms with Gasteiger partial charge in [-0.05, 0) is 181 Å². The van der Waals surface area contributed by atoms with Crippen molar-refractivity contribution < 1.29 is 65.6 Å². The van der Waals surface area contributed by atoms with Gasteiger partial charge in [0.15, 0.2) is 21.5 Å². The smallest absolute Gasteiger partial charge is 0.418 e. The van der Waals surface area contributed by atoms with Crippen LogP contribution in [0.25, 0.3) is 122 Å². The Balaban J connectivity index is 0.000000112. The van der Waals surface area contributed by atoms with Gasteiger partial charge >= 0.3 is 30.1 Å². The van der Waals surface area contributed by atoms with Crippen LogP contribution in [0.3, 0.4) is 0 Å². The summed E-state index contributed by atoms with van der Waals surface area (Å²) in [5, 5.41) is 49.3. The number of para-hydroxylation sites is 4. The molecule has 37 heteroatoms. The van der Waals surface area contributed by atoms with E-state index in [4.69, 9.17) is 42.9 Å². The Labute approximate surface area is 737 Å². The molecule has 5 saturated carbocycles. The van der Waals surface area contributed by atoms with E-state index in [1.807, 2.05) is 53.2 Å². The van der Waals surface area contributed by atoms with Crippen molar-refractivity contribution in [2.75, 3.05) is 29.2 Å². The van der Waals surface area contributed by atoms with Crippen LogP contribution in [-0.4, -0.2) is 147 Å². The molecule has 0 amide bonds. The Kier molecular flexibility index (Phi) is 22.1. The van der Waals surface area contributed by atoms with Gasteiger partial charge < -0.3 is 63.3 Å². The first-order valence-electron chi connectivity index (χ1n) is 43.2. The summed E-state index contributed by atoms with van der Waals surface area (Å²) < 4.78 is 85.6. The van der Waals surface area contributed by atoms with Crippen LogP contribution in [0.5, 0.6) is 0 Å². The summed E-state index contributed by atoms with van der Waals surface area (Å²) in [7, 11) is -3.43. The molecular weight excluding hydrogens is 1690 g/mol. The summed E-state index contributed by atoms with van der Waals surface area (Å²) in [4.78, 5) is 95.2. The molecule has 5 aliphatic carbocycles. The Bertz CT molecular complexity index is 7420. The van der Waals surface area contributed by atoms with E-state index in [0.717, 1.165) is 98.9 Å². The van der Waals surface area contributed by atoms with Gasteiger partial charge in [-0.15, -0.1) is 0 Å². The van der Waals surface area contributed by atoms with Crippen LogP contribution in [0.15, 0.2) is 164 Å². The molecule has 17 aromatic rings. The number of nitrogens with one attached hydrogen (secondary N) is 4. The Morgan fingerprint density at radius 1 is 0.408 bits per heavy atom. The molecule has 0 unspecified atom stereocenters. The number of carboxylic acids is 4. The quantitative estimate of drug-likeness (QED) is 0.0424. The van der Waals surface area contributed by atoms with E-state index >= 15 is 0 Å². The average Bonchev–Trinajstić information content (AvgIpc) is 1.61. The zero-order valence-corrected chi connectivity index (χ0v) is 71.0. The maximum absolute atomic E-state index is 13.5. The lowest BCUT2D eigenvalue weighted by atomic mass is 9.81. The molecule has 32 nitrogen and oxygen atoms in total. The maximum Gasteiger partial charge on any atom is 0.418 e. The Hall–Kier alpha value is -14.7. The summed E-state index contributed by atoms with van der Waals surface area (Å²) in [6, 6.07) is 35.6. The van der Waals surface area contributed by atoms with Crippen LogP contribution in [0, 0.1) is 29.5 Å². The lowest BCUT2D eigenvalue weighted by Gasteiger charge is -2.25. The monoisotopic (exact) mass is 1780 g/mol. The third kappa shape index (κ3) is 16.1. The fourth-order valence-corrected chi connectivity index (χ4v) is 20.5. The number of anilines is 4. The van der Waals surface area contributed by atoms with Gasteiger partial charge in [-0.25, -0.2) is 61.7 Å². The van der Waals surface area contributed by atoms with Crippen LogP contribution in [0.4, 0.5) is 40.8 Å². The molecule has 0 bridgehead atoms. The standard InChI is InChI=1S/C27H24FN5O2.C24H25N5O2.C21H19F3N6O2.C21H22N6O4S/c28-19-10-8-15(9-11-19)20-3-1-2-18-14-21(31-22(18)20)23-24-25(29)30-12-13-33(24)26(32-23)16-4-6-17(7-5-16)27(34)35;25-22-21-20(18-12-16-2-1-3-17(13-4-5-13)19(16)27-18)28-23(29(21)11-10-26-22)14-6-8-15(9-7-14)24(30)31;22-21(23,24)13-3-1-2-12-8-14(28-15(12)13)16-17-18(25)26-9-27-30(17)19(29-16)10-4-6-11(7-5-10)20(31)32;1-32(30,31)15-4-2-3-13-9-14(25-16(13)15)17-18-19(22)23-10-24-27(18)20(26-17)11-5-7-12(8-6-11)21(28)29/h1-3,8-14,16-17,31H,4-7H2,(H2,29,30)(H,34,35);1-3,10-15,27H,4-9H2,(H2,25,26)(H,30,31);1-3,8-11,28H,4-7H2,(H,31,32)(H2,25,26,27);2-4,9-12,25H,5-8H2,1H3,(H,28,29)(H2,22,23,24). The molecule has 5 fully saturated rings. The zero-order valence-electron chi connectivity index (χ0n) is 70.2. The summed E-state index contributed by atoms with van der Waals surface area (Å²) in [6.45, 7) is 0. The third-order valence-electron chi connectivity index (χ3n) is 26.5. The van der Waals surface area contributed by atoms with Crippen LogP contribution >= 0.6 is 0 Å². The van der Waals surface area contributed by atoms with Crippen LogP contribution < -0.4 is 22.9 Å². The first kappa shape index (κ1) is 84.8. The molecule has 12 aromatic heterocycles. The number of alkyl halides is 3. The number of aliphatic carboxylic acids is 4. The molecule has 0 spiro atoms. The van der Waals surface area contributed by atoms with Crippen molar-refractivity contribution in [2.24, 2.45) is 23.7 Å². The molecule has 12 heterocycles. The number of aromatic amines is 4. The van der Waals surface area contributed by atoms with Gasteiger partial charge in [0.25, 0.3) is 0 Å². The molecule has 0 aliphatic heterocycles. The van der Waals surface area contributed by atoms with E-state index in [1.54, 1.807) is 57.8 Å². The first-order chi connectivity index (χ1) is 62.6. The number of H-pyrrole nitrogens is 4. The lowest BCUT2D eigenvalue weighted by molar-refractivity contribution is -0.143. The summed E-state index contributed by atoms with van der Waals surface area (Å²) >= 11 is 0. The second kappa shape index (κ2) is 33.8. The molecule has 22 rings (SSSR count). The number of hydrogen-bond acceptors (Lipinski definition) is 20. The maximum atomic E-state index is 13.5. The van der Waals surface area contributed by atoms with E-state index in [1.165, 1.54) is 66.4 Å². The van der Waals surface area contributed by atoms with E-state index in [0.29, 0.717) is 157 Å². The zero-order chi connectivity index (χ0) is 90.5. The molecule has 0 atom stereocenters. The largest absolute Gasteiger partial charge is 0.481 e. The summed E-state index contributed by atoms with van der Waals surface area (Å²) in [5.41, 5.74) is 37.7. The minimum atomic E-state index is -4.51. The number of sulfone groups is 1. The van der Waals surface area contributed by atoms with Gasteiger partial charge in [0, 0.05) is 87.3 Å². The number of carbonyl (C=O) groups is 4. The number of hydrogen-bond donors (Lipinski definition) is 12. The lowest BCUT2D eigenvalue weighted by Crippen LogP contribution is -2.21. The van der Waals surface area contributed by atoms with Crippen LogP contribution in [0.2, 0.25) is 0 Å². The van der Waals surface area contributed by atoms with Crippen molar-refractivity contribution in [1.29, 1.82) is 0 Å². The number of aromatic nitrogens is 18. The highest BCUT2D eigenvalue weighted by molar-refractivity contribution is 7.91. The Morgan fingerprint density at radius 2 is 0.754 bits per heavy atom. The number of benzene rings is 5. The average molecular weight is 1780 g/mol. The van der Waals surface area contributed by atoms with E-state index < -0.39 is 45.5 Å². The van der Waals surface area contributed by atoms with Gasteiger partial charge in [-0.2, -0.15) is 23.4 Å². The van der Waals surface area contributed by atoms with Gasteiger partial charge in [0.2, 0.25) is 0 Å².